The van der Waals surface area contributed by atoms with E-state index in [9.17, 15) is 4.39 Å². The van der Waals surface area contributed by atoms with Crippen LogP contribution in [0.15, 0.2) is 36.5 Å². The van der Waals surface area contributed by atoms with Gasteiger partial charge < -0.3 is 14.8 Å². The van der Waals surface area contributed by atoms with Crippen molar-refractivity contribution in [3.05, 3.63) is 58.8 Å². The van der Waals surface area contributed by atoms with Crippen LogP contribution in [-0.2, 0) is 4.74 Å². The molecule has 7 nitrogen and oxygen atoms in total. The zero-order chi connectivity index (χ0) is 19.5. The zero-order valence-electron chi connectivity index (χ0n) is 15.6. The number of benzene rings is 1. The molecular formula is C19H20Cl2FN5O2. The van der Waals surface area contributed by atoms with E-state index < -0.39 is 18.0 Å². The second-order valence-corrected chi connectivity index (χ2v) is 6.83. The Morgan fingerprint density at radius 2 is 2.17 bits per heavy atom. The van der Waals surface area contributed by atoms with Gasteiger partial charge in [-0.3, -0.25) is 5.10 Å². The Bertz CT molecular complexity index is 971. The number of aryl methyl sites for hydroxylation is 1. The minimum absolute atomic E-state index is 0. The van der Waals surface area contributed by atoms with Crippen LogP contribution >= 0.6 is 24.0 Å². The molecule has 0 unspecified atom stereocenters. The third-order valence-corrected chi connectivity index (χ3v) is 4.71. The van der Waals surface area contributed by atoms with Gasteiger partial charge in [0, 0.05) is 19.3 Å². The maximum Gasteiger partial charge on any atom is 0.225 e. The highest BCUT2D eigenvalue weighted by Gasteiger charge is 2.30. The van der Waals surface area contributed by atoms with Crippen LogP contribution in [0.3, 0.4) is 0 Å². The highest BCUT2D eigenvalue weighted by molar-refractivity contribution is 6.30. The Labute approximate surface area is 178 Å². The molecule has 0 radical (unpaired) electrons. The van der Waals surface area contributed by atoms with Crippen LogP contribution in [0.1, 0.15) is 17.5 Å². The smallest absolute Gasteiger partial charge is 0.225 e. The molecule has 1 fully saturated rings. The number of H-pyrrole nitrogens is 1. The first-order valence-corrected chi connectivity index (χ1v) is 9.28. The number of rotatable bonds is 4. The van der Waals surface area contributed by atoms with E-state index in [-0.39, 0.29) is 17.4 Å². The van der Waals surface area contributed by atoms with Gasteiger partial charge in [0.1, 0.15) is 23.8 Å². The first-order valence-electron chi connectivity index (χ1n) is 8.90. The molecule has 1 aromatic carbocycles. The van der Waals surface area contributed by atoms with Gasteiger partial charge in [-0.25, -0.2) is 14.4 Å². The quantitative estimate of drug-likeness (QED) is 0.646. The summed E-state index contributed by atoms with van der Waals surface area (Å²) in [5, 5.41) is 10.3. The maximum absolute atomic E-state index is 14.0. The van der Waals surface area contributed by atoms with Crippen molar-refractivity contribution >= 4 is 24.0 Å². The van der Waals surface area contributed by atoms with E-state index in [0.717, 1.165) is 0 Å². The lowest BCUT2D eigenvalue weighted by Gasteiger charge is -2.26. The molecule has 2 aromatic heterocycles. The lowest BCUT2D eigenvalue weighted by molar-refractivity contribution is -0.00995. The Hall–Kier alpha value is -2.26. The molecule has 29 heavy (non-hydrogen) atoms. The van der Waals surface area contributed by atoms with Crippen LogP contribution in [0.4, 0.5) is 4.39 Å². The molecular weight excluding hydrogens is 420 g/mol. The van der Waals surface area contributed by atoms with Crippen LogP contribution in [0.5, 0.6) is 5.88 Å². The summed E-state index contributed by atoms with van der Waals surface area (Å²) in [7, 11) is 0. The fourth-order valence-corrected chi connectivity index (χ4v) is 3.20. The van der Waals surface area contributed by atoms with E-state index in [1.54, 1.807) is 18.3 Å². The van der Waals surface area contributed by atoms with Gasteiger partial charge in [-0.15, -0.1) is 12.4 Å². The SMILES string of the molecule is Cc1nc(-c2cccnc2O[C@@H]2CNCCO[C@H]2c2ccc(Cl)c(F)c2)n[nH]1.Cl. The Balaban J connectivity index is 0.00000240. The summed E-state index contributed by atoms with van der Waals surface area (Å²) in [6.45, 7) is 3.48. The number of nitrogens with one attached hydrogen (secondary N) is 2. The molecule has 0 amide bonds. The molecule has 0 spiro atoms. The lowest BCUT2D eigenvalue weighted by atomic mass is 10.0. The molecule has 4 rings (SSSR count). The van der Waals surface area contributed by atoms with E-state index in [1.165, 1.54) is 12.1 Å². The minimum Gasteiger partial charge on any atom is -0.469 e. The Morgan fingerprint density at radius 3 is 2.93 bits per heavy atom. The number of nitrogens with zero attached hydrogens (tertiary/aromatic N) is 3. The van der Waals surface area contributed by atoms with Gasteiger partial charge >= 0.3 is 0 Å². The van der Waals surface area contributed by atoms with Crippen molar-refractivity contribution in [3.8, 4) is 17.3 Å². The van der Waals surface area contributed by atoms with Gasteiger partial charge in [0.2, 0.25) is 5.88 Å². The fraction of sp³-hybridized carbons (Fsp3) is 0.316. The van der Waals surface area contributed by atoms with Gasteiger partial charge in [-0.1, -0.05) is 17.7 Å². The summed E-state index contributed by atoms with van der Waals surface area (Å²) >= 11 is 5.82. The predicted molar refractivity (Wildman–Crippen MR) is 109 cm³/mol. The van der Waals surface area contributed by atoms with E-state index in [2.05, 4.69) is 25.5 Å². The van der Waals surface area contributed by atoms with Crippen LogP contribution < -0.4 is 10.1 Å². The third-order valence-electron chi connectivity index (χ3n) is 4.40. The number of hydrogen-bond acceptors (Lipinski definition) is 6. The molecule has 0 aliphatic carbocycles. The molecule has 2 N–H and O–H groups in total. The molecule has 1 aliphatic heterocycles. The van der Waals surface area contributed by atoms with Crippen LogP contribution in [0.25, 0.3) is 11.4 Å². The van der Waals surface area contributed by atoms with E-state index in [4.69, 9.17) is 21.1 Å². The van der Waals surface area contributed by atoms with Crippen LogP contribution in [0.2, 0.25) is 5.02 Å². The third kappa shape index (κ3) is 4.84. The van der Waals surface area contributed by atoms with Crippen molar-refractivity contribution in [1.29, 1.82) is 0 Å². The fourth-order valence-electron chi connectivity index (χ4n) is 3.08. The second kappa shape index (κ2) is 9.49. The standard InChI is InChI=1S/C19H19ClFN5O2.ClH/c1-11-24-18(26-25-11)13-3-2-6-23-19(13)28-16-10-22-7-8-27-17(16)12-4-5-14(20)15(21)9-12;/h2-6,9,16-17,22H,7-8,10H2,1H3,(H,24,25,26);1H/t16-,17+;/m1./s1. The first-order chi connectivity index (χ1) is 13.6. The molecule has 3 heterocycles. The van der Waals surface area contributed by atoms with Crippen molar-refractivity contribution in [2.75, 3.05) is 19.7 Å². The van der Waals surface area contributed by atoms with E-state index in [1.807, 2.05) is 13.0 Å². The zero-order valence-corrected chi connectivity index (χ0v) is 17.1. The van der Waals surface area contributed by atoms with Crippen molar-refractivity contribution in [1.82, 2.24) is 25.5 Å². The van der Waals surface area contributed by atoms with E-state index >= 15 is 0 Å². The van der Waals surface area contributed by atoms with Gasteiger partial charge in [0.25, 0.3) is 0 Å². The highest BCUT2D eigenvalue weighted by Crippen LogP contribution is 2.31. The van der Waals surface area contributed by atoms with Gasteiger partial charge in [-0.05, 0) is 36.8 Å². The van der Waals surface area contributed by atoms with Crippen molar-refractivity contribution < 1.29 is 13.9 Å². The first kappa shape index (κ1) is 21.4. The average molecular weight is 440 g/mol. The average Bonchev–Trinajstić information content (AvgIpc) is 2.99. The summed E-state index contributed by atoms with van der Waals surface area (Å²) in [5.41, 5.74) is 1.32. The number of ether oxygens (including phenoxy) is 2. The number of hydrogen-bond donors (Lipinski definition) is 2. The summed E-state index contributed by atoms with van der Waals surface area (Å²) in [6.07, 6.45) is 0.725. The monoisotopic (exact) mass is 439 g/mol. The predicted octanol–water partition coefficient (Wildman–Crippen LogP) is 3.50. The topological polar surface area (TPSA) is 85.0 Å². The summed E-state index contributed by atoms with van der Waals surface area (Å²) in [6, 6.07) is 8.28. The molecule has 0 saturated carbocycles. The van der Waals surface area contributed by atoms with E-state index in [0.29, 0.717) is 48.4 Å². The van der Waals surface area contributed by atoms with Gasteiger partial charge in [0.15, 0.2) is 5.82 Å². The Kier molecular flexibility index (Phi) is 7.02. The Morgan fingerprint density at radius 1 is 1.31 bits per heavy atom. The number of aromatic amines is 1. The highest BCUT2D eigenvalue weighted by atomic mass is 35.5. The normalized spacial score (nSPS) is 19.3. The van der Waals surface area contributed by atoms with Gasteiger partial charge in [0.05, 0.1) is 17.2 Å². The molecule has 2 atom stereocenters. The number of pyridine rings is 1. The van der Waals surface area contributed by atoms with Gasteiger partial charge in [-0.2, -0.15) is 5.10 Å². The second-order valence-electron chi connectivity index (χ2n) is 6.43. The molecule has 1 saturated heterocycles. The molecule has 154 valence electrons. The molecule has 3 aromatic rings. The van der Waals surface area contributed by atoms with Crippen molar-refractivity contribution in [2.24, 2.45) is 0 Å². The molecule has 10 heteroatoms. The van der Waals surface area contributed by atoms with Crippen LogP contribution in [-0.4, -0.2) is 46.0 Å². The lowest BCUT2D eigenvalue weighted by Crippen LogP contribution is -2.34. The summed E-state index contributed by atoms with van der Waals surface area (Å²) in [5.74, 6) is 1.09. The maximum atomic E-state index is 14.0. The number of halogens is 3. The molecule has 1 aliphatic rings. The largest absolute Gasteiger partial charge is 0.469 e. The number of aromatic nitrogens is 4. The van der Waals surface area contributed by atoms with Crippen molar-refractivity contribution in [2.45, 2.75) is 19.1 Å². The summed E-state index contributed by atoms with van der Waals surface area (Å²) < 4.78 is 26.2. The molecule has 0 bridgehead atoms. The summed E-state index contributed by atoms with van der Waals surface area (Å²) in [4.78, 5) is 8.71. The van der Waals surface area contributed by atoms with Crippen molar-refractivity contribution in [3.63, 3.8) is 0 Å². The van der Waals surface area contributed by atoms with Crippen LogP contribution in [0, 0.1) is 12.7 Å². The minimum atomic E-state index is -0.492.